The zero-order valence-corrected chi connectivity index (χ0v) is 12.3. The maximum absolute atomic E-state index is 12.0. The summed E-state index contributed by atoms with van der Waals surface area (Å²) in [4.78, 5) is 27.7. The number of rotatable bonds is 5. The van der Waals surface area contributed by atoms with Gasteiger partial charge in [-0.25, -0.2) is 4.79 Å². The van der Waals surface area contributed by atoms with Gasteiger partial charge in [-0.15, -0.1) is 0 Å². The Bertz CT molecular complexity index is 658. The Hall–Kier alpha value is -2.89. The molecule has 6 heteroatoms. The molecular formula is C16H16N2O4. The number of nitrogens with zero attached hydrogens (tertiary/aromatic N) is 1. The number of hydrogen-bond acceptors (Lipinski definition) is 5. The molecule has 0 fully saturated rings. The molecule has 0 radical (unpaired) electrons. The molecule has 0 saturated carbocycles. The standard InChI is InChI=1S/C16H16N2O4/c1-11(22-16(20)12-6-8-17-9-7-12)15(19)18-13-4-3-5-14(10-13)21-2/h3-11H,1-2H3,(H,18,19)/t11-/m0/s1. The molecule has 0 bridgehead atoms. The Balaban J connectivity index is 1.96. The summed E-state index contributed by atoms with van der Waals surface area (Å²) in [5.74, 6) is -0.370. The fourth-order valence-electron chi connectivity index (χ4n) is 1.71. The van der Waals surface area contributed by atoms with Crippen LogP contribution in [0.15, 0.2) is 48.8 Å². The Kier molecular flexibility index (Phi) is 5.08. The average molecular weight is 300 g/mol. The zero-order chi connectivity index (χ0) is 15.9. The molecule has 0 unspecified atom stereocenters. The summed E-state index contributed by atoms with van der Waals surface area (Å²) in [6.07, 6.45) is 2.04. The number of nitrogens with one attached hydrogen (secondary N) is 1. The molecule has 2 rings (SSSR count). The summed E-state index contributed by atoms with van der Waals surface area (Å²) in [5, 5.41) is 2.66. The first-order chi connectivity index (χ1) is 10.6. The lowest BCUT2D eigenvalue weighted by Gasteiger charge is -2.14. The van der Waals surface area contributed by atoms with Crippen LogP contribution in [-0.2, 0) is 9.53 Å². The van der Waals surface area contributed by atoms with Crippen LogP contribution < -0.4 is 10.1 Å². The van der Waals surface area contributed by atoms with Crippen molar-refractivity contribution in [3.8, 4) is 5.75 Å². The van der Waals surface area contributed by atoms with Crippen molar-refractivity contribution in [1.29, 1.82) is 0 Å². The van der Waals surface area contributed by atoms with Crippen LogP contribution in [-0.4, -0.2) is 30.1 Å². The van der Waals surface area contributed by atoms with Crippen LogP contribution in [0.1, 0.15) is 17.3 Å². The Labute approximate surface area is 128 Å². The lowest BCUT2D eigenvalue weighted by atomic mass is 10.2. The number of amides is 1. The summed E-state index contributed by atoms with van der Waals surface area (Å²) in [6.45, 7) is 1.51. The Morgan fingerprint density at radius 2 is 1.91 bits per heavy atom. The first-order valence-electron chi connectivity index (χ1n) is 6.66. The number of carbonyl (C=O) groups is 2. The first-order valence-corrected chi connectivity index (χ1v) is 6.66. The van der Waals surface area contributed by atoms with Gasteiger partial charge in [0.2, 0.25) is 0 Å². The number of pyridine rings is 1. The number of methoxy groups -OCH3 is 1. The third-order valence-electron chi connectivity index (χ3n) is 2.91. The molecule has 6 nitrogen and oxygen atoms in total. The van der Waals surface area contributed by atoms with Gasteiger partial charge in [0.25, 0.3) is 5.91 Å². The molecule has 0 saturated heterocycles. The van der Waals surface area contributed by atoms with Crippen LogP contribution in [0, 0.1) is 0 Å². The number of esters is 1. The minimum Gasteiger partial charge on any atom is -0.497 e. The van der Waals surface area contributed by atoms with Gasteiger partial charge in [-0.05, 0) is 31.2 Å². The Morgan fingerprint density at radius 3 is 2.59 bits per heavy atom. The predicted octanol–water partition coefficient (Wildman–Crippen LogP) is 2.27. The lowest BCUT2D eigenvalue weighted by molar-refractivity contribution is -0.123. The fraction of sp³-hybridized carbons (Fsp3) is 0.188. The quantitative estimate of drug-likeness (QED) is 0.857. The maximum atomic E-state index is 12.0. The maximum Gasteiger partial charge on any atom is 0.339 e. The molecule has 114 valence electrons. The van der Waals surface area contributed by atoms with Crippen LogP contribution >= 0.6 is 0 Å². The SMILES string of the molecule is COc1cccc(NC(=O)[C@H](C)OC(=O)c2ccncc2)c1. The second-order valence-electron chi connectivity index (χ2n) is 4.50. The highest BCUT2D eigenvalue weighted by Gasteiger charge is 2.19. The van der Waals surface area contributed by atoms with Crippen LogP contribution in [0.3, 0.4) is 0 Å². The molecule has 1 aromatic carbocycles. The molecule has 0 spiro atoms. The van der Waals surface area contributed by atoms with Crippen molar-refractivity contribution in [3.05, 3.63) is 54.4 Å². The summed E-state index contributed by atoms with van der Waals surface area (Å²) in [5.41, 5.74) is 0.909. The van der Waals surface area contributed by atoms with Gasteiger partial charge < -0.3 is 14.8 Å². The van der Waals surface area contributed by atoms with Crippen molar-refractivity contribution in [2.45, 2.75) is 13.0 Å². The van der Waals surface area contributed by atoms with E-state index in [1.165, 1.54) is 31.5 Å². The van der Waals surface area contributed by atoms with Gasteiger partial charge in [-0.3, -0.25) is 9.78 Å². The second kappa shape index (κ2) is 7.21. The van der Waals surface area contributed by atoms with Crippen LogP contribution in [0.25, 0.3) is 0 Å². The number of benzene rings is 1. The highest BCUT2D eigenvalue weighted by Crippen LogP contribution is 2.17. The summed E-state index contributed by atoms with van der Waals surface area (Å²) >= 11 is 0. The van der Waals surface area contributed by atoms with Crippen molar-refractivity contribution >= 4 is 17.6 Å². The molecular weight excluding hydrogens is 284 g/mol. The number of carbonyl (C=O) groups excluding carboxylic acids is 2. The fourth-order valence-corrected chi connectivity index (χ4v) is 1.71. The number of aromatic nitrogens is 1. The van der Waals surface area contributed by atoms with Crippen LogP contribution in [0.4, 0.5) is 5.69 Å². The molecule has 0 aliphatic carbocycles. The molecule has 22 heavy (non-hydrogen) atoms. The van der Waals surface area contributed by atoms with Gasteiger partial charge in [0.05, 0.1) is 12.7 Å². The number of ether oxygens (including phenoxy) is 2. The summed E-state index contributed by atoms with van der Waals surface area (Å²) < 4.78 is 10.2. The predicted molar refractivity (Wildman–Crippen MR) is 80.7 cm³/mol. The van der Waals surface area contributed by atoms with E-state index in [-0.39, 0.29) is 0 Å². The highest BCUT2D eigenvalue weighted by atomic mass is 16.5. The zero-order valence-electron chi connectivity index (χ0n) is 12.3. The van der Waals surface area contributed by atoms with Crippen molar-refractivity contribution in [1.82, 2.24) is 4.98 Å². The van der Waals surface area contributed by atoms with E-state index >= 15 is 0 Å². The average Bonchev–Trinajstić information content (AvgIpc) is 2.55. The van der Waals surface area contributed by atoms with E-state index in [2.05, 4.69) is 10.3 Å². The monoisotopic (exact) mass is 300 g/mol. The second-order valence-corrected chi connectivity index (χ2v) is 4.50. The molecule has 1 atom stereocenters. The Morgan fingerprint density at radius 1 is 1.18 bits per heavy atom. The van der Waals surface area contributed by atoms with Crippen LogP contribution in [0.5, 0.6) is 5.75 Å². The lowest BCUT2D eigenvalue weighted by Crippen LogP contribution is -2.30. The van der Waals surface area contributed by atoms with Crippen molar-refractivity contribution in [2.75, 3.05) is 12.4 Å². The van der Waals surface area contributed by atoms with E-state index in [4.69, 9.17) is 9.47 Å². The van der Waals surface area contributed by atoms with E-state index in [9.17, 15) is 9.59 Å². The first kappa shape index (κ1) is 15.5. The van der Waals surface area contributed by atoms with E-state index in [1.807, 2.05) is 0 Å². The summed E-state index contributed by atoms with van der Waals surface area (Å²) in [6, 6.07) is 9.96. The number of hydrogen-bond donors (Lipinski definition) is 1. The minimum atomic E-state index is -0.924. The van der Waals surface area contributed by atoms with Crippen LogP contribution in [0.2, 0.25) is 0 Å². The van der Waals surface area contributed by atoms with E-state index in [0.29, 0.717) is 17.0 Å². The summed E-state index contributed by atoms with van der Waals surface area (Å²) in [7, 11) is 1.54. The van der Waals surface area contributed by atoms with E-state index in [1.54, 1.807) is 31.4 Å². The normalized spacial score (nSPS) is 11.4. The topological polar surface area (TPSA) is 77.5 Å². The molecule has 1 aromatic heterocycles. The van der Waals surface area contributed by atoms with Gasteiger partial charge in [0.15, 0.2) is 6.10 Å². The highest BCUT2D eigenvalue weighted by molar-refractivity contribution is 5.97. The van der Waals surface area contributed by atoms with Crippen molar-refractivity contribution in [2.24, 2.45) is 0 Å². The largest absolute Gasteiger partial charge is 0.497 e. The van der Waals surface area contributed by atoms with E-state index in [0.717, 1.165) is 0 Å². The third kappa shape index (κ3) is 4.05. The molecule has 1 heterocycles. The molecule has 0 aliphatic heterocycles. The molecule has 1 N–H and O–H groups in total. The molecule has 1 amide bonds. The van der Waals surface area contributed by atoms with Gasteiger partial charge >= 0.3 is 5.97 Å². The van der Waals surface area contributed by atoms with E-state index < -0.39 is 18.0 Å². The minimum absolute atomic E-state index is 0.344. The smallest absolute Gasteiger partial charge is 0.339 e. The van der Waals surface area contributed by atoms with Gasteiger partial charge in [0, 0.05) is 24.1 Å². The van der Waals surface area contributed by atoms with Gasteiger partial charge in [0.1, 0.15) is 5.75 Å². The van der Waals surface area contributed by atoms with Gasteiger partial charge in [-0.1, -0.05) is 6.07 Å². The third-order valence-corrected chi connectivity index (χ3v) is 2.91. The molecule has 2 aromatic rings. The number of anilines is 1. The van der Waals surface area contributed by atoms with Crippen molar-refractivity contribution in [3.63, 3.8) is 0 Å². The van der Waals surface area contributed by atoms with Gasteiger partial charge in [-0.2, -0.15) is 0 Å². The molecule has 0 aliphatic rings. The van der Waals surface area contributed by atoms with Crippen molar-refractivity contribution < 1.29 is 19.1 Å².